The minimum absolute atomic E-state index is 0. The van der Waals surface area contributed by atoms with Crippen molar-refractivity contribution in [1.82, 2.24) is 10.6 Å². The van der Waals surface area contributed by atoms with E-state index in [-0.39, 0.29) is 30.0 Å². The fourth-order valence-electron chi connectivity index (χ4n) is 3.58. The van der Waals surface area contributed by atoms with Crippen LogP contribution >= 0.6 is 24.0 Å². The van der Waals surface area contributed by atoms with Gasteiger partial charge in [-0.05, 0) is 25.0 Å². The van der Waals surface area contributed by atoms with Crippen LogP contribution in [0.15, 0.2) is 41.4 Å². The molecule has 1 aliphatic rings. The van der Waals surface area contributed by atoms with Crippen molar-refractivity contribution in [3.63, 3.8) is 0 Å². The monoisotopic (exact) mass is 553 g/mol. The first kappa shape index (κ1) is 25.5. The van der Waals surface area contributed by atoms with Crippen LogP contribution in [0.5, 0.6) is 11.5 Å². The van der Waals surface area contributed by atoms with Crippen LogP contribution in [0.1, 0.15) is 24.0 Å². The molecule has 0 saturated carbocycles. The Morgan fingerprint density at radius 1 is 1.16 bits per heavy atom. The Hall–Kier alpha value is -2.74. The highest BCUT2D eigenvalue weighted by atomic mass is 127. The van der Waals surface area contributed by atoms with Gasteiger partial charge in [0.1, 0.15) is 17.3 Å². The van der Waals surface area contributed by atoms with Crippen molar-refractivity contribution in [2.45, 2.75) is 25.4 Å². The standard InChI is InChI=1S/C23H28FN5O2.HI/c1-26-23(27-15-17-5-4-16(14-25)10-22(17)24)28-18-6-8-29(9-7-18)19-11-20(30-2)13-21(12-19)31-3;/h4-5,10-13,18H,6-9,15H2,1-3H3,(H2,26,27,28);1H. The predicted molar refractivity (Wildman–Crippen MR) is 135 cm³/mol. The van der Waals surface area contributed by atoms with Gasteiger partial charge in [-0.1, -0.05) is 6.07 Å². The summed E-state index contributed by atoms with van der Waals surface area (Å²) in [5, 5.41) is 15.4. The molecule has 1 heterocycles. The van der Waals surface area contributed by atoms with Crippen LogP contribution in [0.3, 0.4) is 0 Å². The maximum Gasteiger partial charge on any atom is 0.191 e. The number of nitriles is 1. The molecule has 2 aromatic carbocycles. The zero-order valence-corrected chi connectivity index (χ0v) is 20.9. The fraction of sp³-hybridized carbons (Fsp3) is 0.391. The lowest BCUT2D eigenvalue weighted by atomic mass is 10.0. The van der Waals surface area contributed by atoms with E-state index in [4.69, 9.17) is 14.7 Å². The van der Waals surface area contributed by atoms with Gasteiger partial charge in [0.25, 0.3) is 0 Å². The molecule has 1 saturated heterocycles. The Kier molecular flexibility index (Phi) is 9.84. The first-order valence-electron chi connectivity index (χ1n) is 10.2. The molecule has 0 unspecified atom stereocenters. The molecule has 9 heteroatoms. The van der Waals surface area contributed by atoms with Crippen molar-refractivity contribution < 1.29 is 13.9 Å². The summed E-state index contributed by atoms with van der Waals surface area (Å²) in [6, 6.07) is 12.6. The Morgan fingerprint density at radius 2 is 1.81 bits per heavy atom. The number of hydrogen-bond acceptors (Lipinski definition) is 5. The van der Waals surface area contributed by atoms with Crippen LogP contribution in [-0.4, -0.2) is 46.4 Å². The van der Waals surface area contributed by atoms with E-state index in [9.17, 15) is 4.39 Å². The molecule has 0 amide bonds. The van der Waals surface area contributed by atoms with Crippen LogP contribution < -0.4 is 25.0 Å². The Morgan fingerprint density at radius 3 is 2.34 bits per heavy atom. The number of guanidine groups is 1. The molecule has 0 atom stereocenters. The summed E-state index contributed by atoms with van der Waals surface area (Å²) in [4.78, 5) is 6.57. The van der Waals surface area contributed by atoms with Crippen LogP contribution in [0.4, 0.5) is 10.1 Å². The number of methoxy groups -OCH3 is 2. The Labute approximate surface area is 205 Å². The minimum Gasteiger partial charge on any atom is -0.497 e. The van der Waals surface area contributed by atoms with Gasteiger partial charge in [0.2, 0.25) is 0 Å². The van der Waals surface area contributed by atoms with Gasteiger partial charge in [0.15, 0.2) is 5.96 Å². The van der Waals surface area contributed by atoms with Crippen molar-refractivity contribution in [1.29, 1.82) is 5.26 Å². The summed E-state index contributed by atoms with van der Waals surface area (Å²) in [6.45, 7) is 2.06. The van der Waals surface area contributed by atoms with E-state index in [0.29, 0.717) is 23.6 Å². The summed E-state index contributed by atoms with van der Waals surface area (Å²) < 4.78 is 24.8. The Balaban J connectivity index is 0.00000363. The lowest BCUT2D eigenvalue weighted by Crippen LogP contribution is -2.48. The van der Waals surface area contributed by atoms with E-state index in [1.54, 1.807) is 33.4 Å². The van der Waals surface area contributed by atoms with Crippen molar-refractivity contribution in [3.8, 4) is 17.6 Å². The molecule has 0 aliphatic carbocycles. The average molecular weight is 553 g/mol. The van der Waals surface area contributed by atoms with Gasteiger partial charge in [0.05, 0.1) is 25.9 Å². The third kappa shape index (κ3) is 6.63. The minimum atomic E-state index is -0.399. The molecule has 0 aromatic heterocycles. The topological polar surface area (TPSA) is 81.9 Å². The highest BCUT2D eigenvalue weighted by Crippen LogP contribution is 2.30. The van der Waals surface area contributed by atoms with Crippen LogP contribution in [0, 0.1) is 17.1 Å². The van der Waals surface area contributed by atoms with Gasteiger partial charge in [0, 0.05) is 62.2 Å². The predicted octanol–water partition coefficient (Wildman–Crippen LogP) is 3.67. The lowest BCUT2D eigenvalue weighted by Gasteiger charge is -2.34. The van der Waals surface area contributed by atoms with E-state index in [2.05, 4.69) is 20.5 Å². The zero-order valence-electron chi connectivity index (χ0n) is 18.5. The number of rotatable bonds is 6. The van der Waals surface area contributed by atoms with Gasteiger partial charge < -0.3 is 25.0 Å². The summed E-state index contributed by atoms with van der Waals surface area (Å²) >= 11 is 0. The van der Waals surface area contributed by atoms with Crippen LogP contribution in [0.25, 0.3) is 0 Å². The number of nitrogens with zero attached hydrogens (tertiary/aromatic N) is 3. The van der Waals surface area contributed by atoms with E-state index < -0.39 is 5.82 Å². The third-order valence-electron chi connectivity index (χ3n) is 5.39. The zero-order chi connectivity index (χ0) is 22.2. The quantitative estimate of drug-likeness (QED) is 0.323. The highest BCUT2D eigenvalue weighted by Gasteiger charge is 2.21. The van der Waals surface area contributed by atoms with Gasteiger partial charge >= 0.3 is 0 Å². The largest absolute Gasteiger partial charge is 0.497 e. The normalized spacial score (nSPS) is 14.2. The van der Waals surface area contributed by atoms with Gasteiger partial charge in [-0.2, -0.15) is 5.26 Å². The average Bonchev–Trinajstić information content (AvgIpc) is 2.82. The second-order valence-corrected chi connectivity index (χ2v) is 7.32. The molecule has 172 valence electrons. The van der Waals surface area contributed by atoms with Crippen LogP contribution in [-0.2, 0) is 6.54 Å². The number of aliphatic imine (C=N–C) groups is 1. The van der Waals surface area contributed by atoms with E-state index >= 15 is 0 Å². The van der Waals surface area contributed by atoms with Crippen molar-refractivity contribution >= 4 is 35.6 Å². The molecule has 2 aromatic rings. The van der Waals surface area contributed by atoms with E-state index in [1.165, 1.54) is 6.07 Å². The Bertz CT molecular complexity index is 949. The highest BCUT2D eigenvalue weighted by molar-refractivity contribution is 14.0. The summed E-state index contributed by atoms with van der Waals surface area (Å²) in [7, 11) is 5.00. The molecular weight excluding hydrogens is 524 g/mol. The smallest absolute Gasteiger partial charge is 0.191 e. The number of anilines is 1. The van der Waals surface area contributed by atoms with Crippen molar-refractivity contribution in [2.24, 2.45) is 4.99 Å². The number of hydrogen-bond donors (Lipinski definition) is 2. The first-order valence-corrected chi connectivity index (χ1v) is 10.2. The fourth-order valence-corrected chi connectivity index (χ4v) is 3.58. The second-order valence-electron chi connectivity index (χ2n) is 7.32. The molecule has 3 rings (SSSR count). The number of nitrogens with one attached hydrogen (secondary N) is 2. The van der Waals surface area contributed by atoms with E-state index in [0.717, 1.165) is 43.1 Å². The lowest BCUT2D eigenvalue weighted by molar-refractivity contribution is 0.393. The van der Waals surface area contributed by atoms with E-state index in [1.807, 2.05) is 24.3 Å². The summed E-state index contributed by atoms with van der Waals surface area (Å²) in [5.41, 5.74) is 1.88. The molecule has 7 nitrogen and oxygen atoms in total. The van der Waals surface area contributed by atoms with Gasteiger partial charge in [-0.3, -0.25) is 4.99 Å². The van der Waals surface area contributed by atoms with Crippen LogP contribution in [0.2, 0.25) is 0 Å². The molecular formula is C23H29FIN5O2. The number of benzene rings is 2. The summed E-state index contributed by atoms with van der Waals surface area (Å²) in [5.74, 6) is 1.78. The maximum absolute atomic E-state index is 14.1. The third-order valence-corrected chi connectivity index (χ3v) is 5.39. The van der Waals surface area contributed by atoms with Gasteiger partial charge in [-0.15, -0.1) is 24.0 Å². The first-order chi connectivity index (χ1) is 15.1. The molecule has 1 fully saturated rings. The van der Waals surface area contributed by atoms with Crippen molar-refractivity contribution in [2.75, 3.05) is 39.3 Å². The summed E-state index contributed by atoms with van der Waals surface area (Å²) in [6.07, 6.45) is 1.87. The number of halogens is 2. The maximum atomic E-state index is 14.1. The number of ether oxygens (including phenoxy) is 2. The SMILES string of the molecule is CN=C(NCc1ccc(C#N)cc1F)NC1CCN(c2cc(OC)cc(OC)c2)CC1.I. The molecule has 0 spiro atoms. The molecule has 0 radical (unpaired) electrons. The second kappa shape index (κ2) is 12.3. The molecule has 1 aliphatic heterocycles. The van der Waals surface area contributed by atoms with Crippen molar-refractivity contribution in [3.05, 3.63) is 53.3 Å². The molecule has 0 bridgehead atoms. The molecule has 32 heavy (non-hydrogen) atoms. The number of piperidine rings is 1. The molecule has 2 N–H and O–H groups in total. The van der Waals surface area contributed by atoms with Gasteiger partial charge in [-0.25, -0.2) is 4.39 Å².